The van der Waals surface area contributed by atoms with Crippen molar-refractivity contribution in [3.63, 3.8) is 0 Å². The van der Waals surface area contributed by atoms with Gasteiger partial charge in [0.15, 0.2) is 0 Å². The summed E-state index contributed by atoms with van der Waals surface area (Å²) in [5.41, 5.74) is 0.385. The zero-order valence-electron chi connectivity index (χ0n) is 12.5. The van der Waals surface area contributed by atoms with Gasteiger partial charge in [-0.2, -0.15) is 0 Å². The molecule has 1 spiro atoms. The molecule has 2 saturated carbocycles. The standard InChI is InChI=1S/C17H25NO2/c1-3-18-15-12-16(17(15)10-4-5-11-17)20-14-8-6-13(19-2)7-9-14/h6-9,15-16,18H,3-5,10-12H2,1-2H3. The Kier molecular flexibility index (Phi) is 3.88. The maximum absolute atomic E-state index is 6.27. The maximum atomic E-state index is 6.27. The highest BCUT2D eigenvalue weighted by atomic mass is 16.5. The molecule has 1 aromatic carbocycles. The normalized spacial score (nSPS) is 27.3. The molecular weight excluding hydrogens is 250 g/mol. The molecule has 3 nitrogen and oxygen atoms in total. The molecule has 0 heterocycles. The Morgan fingerprint density at radius 2 is 1.80 bits per heavy atom. The summed E-state index contributed by atoms with van der Waals surface area (Å²) in [4.78, 5) is 0. The summed E-state index contributed by atoms with van der Waals surface area (Å²) < 4.78 is 11.5. The van der Waals surface area contributed by atoms with E-state index in [0.29, 0.717) is 17.6 Å². The van der Waals surface area contributed by atoms with Gasteiger partial charge in [-0.3, -0.25) is 0 Å². The van der Waals surface area contributed by atoms with E-state index in [0.717, 1.165) is 24.5 Å². The van der Waals surface area contributed by atoms with Crippen LogP contribution in [0.15, 0.2) is 24.3 Å². The number of methoxy groups -OCH3 is 1. The van der Waals surface area contributed by atoms with E-state index < -0.39 is 0 Å². The van der Waals surface area contributed by atoms with Crippen molar-refractivity contribution in [1.29, 1.82) is 0 Å². The molecule has 0 aliphatic heterocycles. The summed E-state index contributed by atoms with van der Waals surface area (Å²) in [6, 6.07) is 8.62. The monoisotopic (exact) mass is 275 g/mol. The molecule has 110 valence electrons. The minimum Gasteiger partial charge on any atom is -0.497 e. The molecule has 0 saturated heterocycles. The lowest BCUT2D eigenvalue weighted by Crippen LogP contribution is -2.63. The summed E-state index contributed by atoms with van der Waals surface area (Å²) in [5.74, 6) is 1.85. The fourth-order valence-corrected chi connectivity index (χ4v) is 3.97. The fraction of sp³-hybridized carbons (Fsp3) is 0.647. The number of hydrogen-bond donors (Lipinski definition) is 1. The molecule has 20 heavy (non-hydrogen) atoms. The van der Waals surface area contributed by atoms with E-state index in [1.54, 1.807) is 7.11 Å². The van der Waals surface area contributed by atoms with Crippen LogP contribution in [0.5, 0.6) is 11.5 Å². The fourth-order valence-electron chi connectivity index (χ4n) is 3.97. The molecule has 2 unspecified atom stereocenters. The van der Waals surface area contributed by atoms with Gasteiger partial charge in [-0.05, 0) is 43.7 Å². The highest BCUT2D eigenvalue weighted by Crippen LogP contribution is 2.54. The van der Waals surface area contributed by atoms with Gasteiger partial charge in [0.2, 0.25) is 0 Å². The van der Waals surface area contributed by atoms with Crippen molar-refractivity contribution in [3.8, 4) is 11.5 Å². The van der Waals surface area contributed by atoms with Crippen LogP contribution in [0.1, 0.15) is 39.0 Å². The van der Waals surface area contributed by atoms with Gasteiger partial charge in [0, 0.05) is 17.9 Å². The Hall–Kier alpha value is -1.22. The highest BCUT2D eigenvalue weighted by Gasteiger charge is 2.57. The number of hydrogen-bond acceptors (Lipinski definition) is 3. The van der Waals surface area contributed by atoms with E-state index >= 15 is 0 Å². The first-order valence-electron chi connectivity index (χ1n) is 7.82. The number of nitrogens with one attached hydrogen (secondary N) is 1. The smallest absolute Gasteiger partial charge is 0.120 e. The molecule has 1 aromatic rings. The van der Waals surface area contributed by atoms with Gasteiger partial charge >= 0.3 is 0 Å². The van der Waals surface area contributed by atoms with E-state index in [-0.39, 0.29) is 0 Å². The van der Waals surface area contributed by atoms with E-state index in [4.69, 9.17) is 9.47 Å². The molecular formula is C17H25NO2. The summed E-state index contributed by atoms with van der Waals surface area (Å²) >= 11 is 0. The second-order valence-corrected chi connectivity index (χ2v) is 6.07. The van der Waals surface area contributed by atoms with Crippen LogP contribution in [-0.4, -0.2) is 25.8 Å². The number of benzene rings is 1. The highest BCUT2D eigenvalue weighted by molar-refractivity contribution is 5.32. The van der Waals surface area contributed by atoms with E-state index in [1.165, 1.54) is 25.7 Å². The summed E-state index contributed by atoms with van der Waals surface area (Å²) in [5, 5.41) is 3.65. The molecule has 2 fully saturated rings. The quantitative estimate of drug-likeness (QED) is 0.893. The zero-order chi connectivity index (χ0) is 14.0. The molecule has 2 aliphatic rings. The van der Waals surface area contributed by atoms with E-state index in [2.05, 4.69) is 12.2 Å². The Labute approximate surface area is 121 Å². The van der Waals surface area contributed by atoms with Crippen LogP contribution in [0.2, 0.25) is 0 Å². The third-order valence-electron chi connectivity index (χ3n) is 5.11. The topological polar surface area (TPSA) is 30.5 Å². The van der Waals surface area contributed by atoms with Crippen molar-refractivity contribution >= 4 is 0 Å². The third kappa shape index (κ3) is 2.28. The molecule has 3 rings (SSSR count). The van der Waals surface area contributed by atoms with Crippen LogP contribution in [0.25, 0.3) is 0 Å². The average molecular weight is 275 g/mol. The summed E-state index contributed by atoms with van der Waals surface area (Å²) in [7, 11) is 1.69. The molecule has 0 aromatic heterocycles. The van der Waals surface area contributed by atoms with Crippen LogP contribution in [0.4, 0.5) is 0 Å². The van der Waals surface area contributed by atoms with Crippen molar-refractivity contribution in [1.82, 2.24) is 5.32 Å². The minimum atomic E-state index is 0.377. The molecule has 1 N–H and O–H groups in total. The summed E-state index contributed by atoms with van der Waals surface area (Å²) in [6.45, 7) is 3.25. The minimum absolute atomic E-state index is 0.377. The van der Waals surface area contributed by atoms with Crippen molar-refractivity contribution < 1.29 is 9.47 Å². The molecule has 0 bridgehead atoms. The van der Waals surface area contributed by atoms with Gasteiger partial charge in [-0.15, -0.1) is 0 Å². The zero-order valence-corrected chi connectivity index (χ0v) is 12.5. The second kappa shape index (κ2) is 5.65. The first-order chi connectivity index (χ1) is 9.78. The van der Waals surface area contributed by atoms with Crippen LogP contribution < -0.4 is 14.8 Å². The molecule has 2 atom stereocenters. The lowest BCUT2D eigenvalue weighted by atomic mass is 9.60. The SMILES string of the molecule is CCNC1CC(Oc2ccc(OC)cc2)C12CCCC2. The first-order valence-corrected chi connectivity index (χ1v) is 7.82. The first kappa shape index (κ1) is 13.7. The van der Waals surface area contributed by atoms with Crippen molar-refractivity contribution in [2.24, 2.45) is 5.41 Å². The lowest BCUT2D eigenvalue weighted by Gasteiger charge is -2.54. The third-order valence-corrected chi connectivity index (χ3v) is 5.11. The number of rotatable bonds is 5. The van der Waals surface area contributed by atoms with Gasteiger partial charge in [0.25, 0.3) is 0 Å². The predicted molar refractivity (Wildman–Crippen MR) is 80.4 cm³/mol. The van der Waals surface area contributed by atoms with Crippen molar-refractivity contribution in [2.75, 3.05) is 13.7 Å². The Morgan fingerprint density at radius 1 is 1.15 bits per heavy atom. The lowest BCUT2D eigenvalue weighted by molar-refractivity contribution is -0.0755. The van der Waals surface area contributed by atoms with Crippen LogP contribution >= 0.6 is 0 Å². The largest absolute Gasteiger partial charge is 0.497 e. The molecule has 2 aliphatic carbocycles. The molecule has 3 heteroatoms. The molecule has 0 amide bonds. The number of ether oxygens (including phenoxy) is 2. The second-order valence-electron chi connectivity index (χ2n) is 6.07. The van der Waals surface area contributed by atoms with Gasteiger partial charge in [-0.1, -0.05) is 19.8 Å². The van der Waals surface area contributed by atoms with Crippen LogP contribution in [0, 0.1) is 5.41 Å². The van der Waals surface area contributed by atoms with Gasteiger partial charge in [-0.25, -0.2) is 0 Å². The van der Waals surface area contributed by atoms with Gasteiger partial charge in [0.1, 0.15) is 17.6 Å². The van der Waals surface area contributed by atoms with Gasteiger partial charge in [0.05, 0.1) is 7.11 Å². The van der Waals surface area contributed by atoms with Crippen LogP contribution in [-0.2, 0) is 0 Å². The molecule has 0 radical (unpaired) electrons. The average Bonchev–Trinajstić information content (AvgIpc) is 2.99. The van der Waals surface area contributed by atoms with Crippen molar-refractivity contribution in [3.05, 3.63) is 24.3 Å². The Morgan fingerprint density at radius 3 is 2.40 bits per heavy atom. The summed E-state index contributed by atoms with van der Waals surface area (Å²) in [6.07, 6.45) is 6.84. The van der Waals surface area contributed by atoms with Crippen LogP contribution in [0.3, 0.4) is 0 Å². The maximum Gasteiger partial charge on any atom is 0.120 e. The van der Waals surface area contributed by atoms with E-state index in [9.17, 15) is 0 Å². The van der Waals surface area contributed by atoms with E-state index in [1.807, 2.05) is 24.3 Å². The Balaban J connectivity index is 1.67. The Bertz CT molecular complexity index is 437. The van der Waals surface area contributed by atoms with Gasteiger partial charge < -0.3 is 14.8 Å². The van der Waals surface area contributed by atoms with Crippen molar-refractivity contribution in [2.45, 2.75) is 51.2 Å². The predicted octanol–water partition coefficient (Wildman–Crippen LogP) is 3.38.